The molecule has 1 N–H and O–H groups in total. The molecule has 3 aliphatic heterocycles. The molecule has 3 saturated heterocycles. The number of nitrogens with one attached hydrogen (secondary N) is 1. The maximum Gasteiger partial charge on any atom is 0.401 e. The minimum atomic E-state index is -4.29. The van der Waals surface area contributed by atoms with E-state index in [0.717, 1.165) is 32.4 Å². The largest absolute Gasteiger partial charge is 0.401 e. The standard InChI is InChI=1S/C20H25F3N6O2/c21-20(22,23)19(3-4-19)15-24-12-29(26-15)7-13-5-17(6-13)8-27(9-17)16(31)28-10-18(11-28)2-1-14(30)25-18/h12-13H,1-11H2,(H,25,30). The molecule has 0 aromatic carbocycles. The van der Waals surface area contributed by atoms with Crippen LogP contribution < -0.4 is 5.32 Å². The molecule has 11 heteroatoms. The van der Waals surface area contributed by atoms with Gasteiger partial charge in [0.05, 0.1) is 5.54 Å². The Hall–Kier alpha value is -2.33. The van der Waals surface area contributed by atoms with E-state index in [9.17, 15) is 22.8 Å². The Labute approximate surface area is 177 Å². The van der Waals surface area contributed by atoms with Crippen LogP contribution in [0.25, 0.3) is 0 Å². The van der Waals surface area contributed by atoms with Crippen molar-refractivity contribution in [2.45, 2.75) is 62.2 Å². The number of carbonyl (C=O) groups is 2. The summed E-state index contributed by atoms with van der Waals surface area (Å²) in [5.41, 5.74) is -1.87. The van der Waals surface area contributed by atoms with Crippen LogP contribution in [0.1, 0.15) is 44.3 Å². The van der Waals surface area contributed by atoms with E-state index < -0.39 is 11.6 Å². The maximum atomic E-state index is 13.2. The maximum absolute atomic E-state index is 13.2. The lowest BCUT2D eigenvalue weighted by Gasteiger charge is -2.61. The molecule has 0 radical (unpaired) electrons. The van der Waals surface area contributed by atoms with Gasteiger partial charge in [-0.05, 0) is 38.0 Å². The highest BCUT2D eigenvalue weighted by molar-refractivity contribution is 5.82. The van der Waals surface area contributed by atoms with Crippen LogP contribution in [0.15, 0.2) is 6.33 Å². The summed E-state index contributed by atoms with van der Waals surface area (Å²) in [6.07, 6.45) is 0.525. The summed E-state index contributed by atoms with van der Waals surface area (Å²) >= 11 is 0. The quantitative estimate of drug-likeness (QED) is 0.778. The van der Waals surface area contributed by atoms with Crippen molar-refractivity contribution < 1.29 is 22.8 Å². The monoisotopic (exact) mass is 438 g/mol. The highest BCUT2D eigenvalue weighted by Crippen LogP contribution is 2.58. The molecule has 8 nitrogen and oxygen atoms in total. The summed E-state index contributed by atoms with van der Waals surface area (Å²) in [5, 5.41) is 7.12. The second-order valence-electron chi connectivity index (χ2n) is 10.5. The van der Waals surface area contributed by atoms with Gasteiger partial charge in [-0.2, -0.15) is 18.3 Å². The first kappa shape index (κ1) is 19.4. The van der Waals surface area contributed by atoms with Gasteiger partial charge in [-0.3, -0.25) is 9.48 Å². The molecule has 0 unspecified atom stereocenters. The molecule has 1 aromatic rings. The van der Waals surface area contributed by atoms with Gasteiger partial charge in [0.2, 0.25) is 5.91 Å². The zero-order valence-electron chi connectivity index (χ0n) is 17.1. The molecule has 1 aromatic heterocycles. The number of amides is 3. The summed E-state index contributed by atoms with van der Waals surface area (Å²) in [6.45, 7) is 3.23. The van der Waals surface area contributed by atoms with E-state index in [1.54, 1.807) is 9.58 Å². The topological polar surface area (TPSA) is 83.4 Å². The predicted octanol–water partition coefficient (Wildman–Crippen LogP) is 1.67. The van der Waals surface area contributed by atoms with Crippen molar-refractivity contribution in [2.24, 2.45) is 11.3 Å². The Balaban J connectivity index is 0.971. The van der Waals surface area contributed by atoms with Crippen LogP contribution in [-0.4, -0.2) is 74.4 Å². The van der Waals surface area contributed by atoms with Gasteiger partial charge >= 0.3 is 12.2 Å². The van der Waals surface area contributed by atoms with Gasteiger partial charge in [-0.1, -0.05) is 0 Å². The summed E-state index contributed by atoms with van der Waals surface area (Å²) in [5.74, 6) is 0.328. The Morgan fingerprint density at radius 2 is 1.81 bits per heavy atom. The van der Waals surface area contributed by atoms with E-state index in [1.165, 1.54) is 6.33 Å². The Bertz CT molecular complexity index is 935. The van der Waals surface area contributed by atoms with Gasteiger partial charge in [0.15, 0.2) is 5.82 Å². The van der Waals surface area contributed by atoms with Gasteiger partial charge < -0.3 is 15.1 Å². The molecule has 4 heterocycles. The lowest BCUT2D eigenvalue weighted by molar-refractivity contribution is -0.162. The first-order valence-corrected chi connectivity index (χ1v) is 10.9. The number of likely N-dealkylation sites (tertiary alicyclic amines) is 2. The number of urea groups is 1. The minimum Gasteiger partial charge on any atom is -0.347 e. The van der Waals surface area contributed by atoms with Crippen LogP contribution >= 0.6 is 0 Å². The number of rotatable bonds is 3. The fourth-order valence-corrected chi connectivity index (χ4v) is 6.11. The molecular formula is C20H25F3N6O2. The van der Waals surface area contributed by atoms with E-state index in [0.29, 0.717) is 32.0 Å². The third-order valence-electron chi connectivity index (χ3n) is 7.96. The van der Waals surface area contributed by atoms with Gasteiger partial charge in [-0.15, -0.1) is 0 Å². The van der Waals surface area contributed by atoms with Crippen molar-refractivity contribution >= 4 is 11.9 Å². The molecule has 2 spiro atoms. The van der Waals surface area contributed by atoms with Crippen molar-refractivity contribution in [1.82, 2.24) is 29.9 Å². The molecule has 3 amide bonds. The normalized spacial score (nSPS) is 27.6. The van der Waals surface area contributed by atoms with E-state index in [-0.39, 0.29) is 41.6 Å². The second-order valence-corrected chi connectivity index (χ2v) is 10.5. The van der Waals surface area contributed by atoms with Crippen molar-refractivity contribution in [3.8, 4) is 0 Å². The highest BCUT2D eigenvalue weighted by atomic mass is 19.4. The lowest BCUT2D eigenvalue weighted by atomic mass is 9.58. The fourth-order valence-electron chi connectivity index (χ4n) is 6.11. The molecule has 31 heavy (non-hydrogen) atoms. The van der Waals surface area contributed by atoms with Gasteiger partial charge in [0, 0.05) is 44.6 Å². The SMILES string of the molecule is O=C1CCC2(CN(C(=O)N3CC4(CC(Cn5cnc(C6(C(F)(F)F)CC6)n5)C4)C3)C2)N1. The summed E-state index contributed by atoms with van der Waals surface area (Å²) in [6, 6.07) is 0.0450. The summed E-state index contributed by atoms with van der Waals surface area (Å²) in [4.78, 5) is 31.7. The number of carbonyl (C=O) groups excluding carboxylic acids is 2. The number of aromatic nitrogens is 3. The Kier molecular flexibility index (Phi) is 3.70. The van der Waals surface area contributed by atoms with Crippen molar-refractivity contribution in [1.29, 1.82) is 0 Å². The highest BCUT2D eigenvalue weighted by Gasteiger charge is 2.67. The second kappa shape index (κ2) is 5.92. The van der Waals surface area contributed by atoms with Gasteiger partial charge in [0.1, 0.15) is 11.7 Å². The molecule has 5 aliphatic rings. The third-order valence-corrected chi connectivity index (χ3v) is 7.96. The van der Waals surface area contributed by atoms with Crippen molar-refractivity contribution in [3.05, 3.63) is 12.2 Å². The van der Waals surface area contributed by atoms with E-state index in [2.05, 4.69) is 15.4 Å². The Morgan fingerprint density at radius 1 is 1.13 bits per heavy atom. The van der Waals surface area contributed by atoms with Gasteiger partial charge in [-0.25, -0.2) is 9.78 Å². The van der Waals surface area contributed by atoms with Crippen molar-refractivity contribution in [2.75, 3.05) is 26.2 Å². The molecule has 5 fully saturated rings. The minimum absolute atomic E-state index is 0.0450. The number of alkyl halides is 3. The first-order chi connectivity index (χ1) is 14.6. The number of nitrogens with zero attached hydrogens (tertiary/aromatic N) is 5. The average Bonchev–Trinajstić information content (AvgIpc) is 3.15. The van der Waals surface area contributed by atoms with Crippen LogP contribution in [-0.2, 0) is 16.8 Å². The van der Waals surface area contributed by atoms with Crippen LogP contribution in [0.4, 0.5) is 18.0 Å². The van der Waals surface area contributed by atoms with Crippen LogP contribution in [0.5, 0.6) is 0 Å². The molecular weight excluding hydrogens is 413 g/mol. The zero-order valence-corrected chi connectivity index (χ0v) is 17.1. The summed E-state index contributed by atoms with van der Waals surface area (Å²) < 4.78 is 41.3. The van der Waals surface area contributed by atoms with E-state index >= 15 is 0 Å². The molecule has 2 saturated carbocycles. The molecule has 2 aliphatic carbocycles. The molecule has 0 atom stereocenters. The molecule has 6 rings (SSSR count). The smallest absolute Gasteiger partial charge is 0.347 e. The number of halogens is 3. The number of hydrogen-bond donors (Lipinski definition) is 1. The first-order valence-electron chi connectivity index (χ1n) is 10.9. The zero-order chi connectivity index (χ0) is 21.6. The molecule has 0 bridgehead atoms. The third kappa shape index (κ3) is 2.87. The Morgan fingerprint density at radius 3 is 2.39 bits per heavy atom. The van der Waals surface area contributed by atoms with Crippen molar-refractivity contribution in [3.63, 3.8) is 0 Å². The fraction of sp³-hybridized carbons (Fsp3) is 0.800. The lowest BCUT2D eigenvalue weighted by Crippen LogP contribution is -2.73. The summed E-state index contributed by atoms with van der Waals surface area (Å²) in [7, 11) is 0. The van der Waals surface area contributed by atoms with E-state index in [1.807, 2.05) is 4.90 Å². The average molecular weight is 438 g/mol. The predicted molar refractivity (Wildman–Crippen MR) is 101 cm³/mol. The number of hydrogen-bond acceptors (Lipinski definition) is 4. The van der Waals surface area contributed by atoms with E-state index in [4.69, 9.17) is 0 Å². The molecule has 168 valence electrons. The van der Waals surface area contributed by atoms with Crippen LogP contribution in [0.2, 0.25) is 0 Å². The van der Waals surface area contributed by atoms with Crippen LogP contribution in [0, 0.1) is 11.3 Å². The van der Waals surface area contributed by atoms with Crippen LogP contribution in [0.3, 0.4) is 0 Å². The van der Waals surface area contributed by atoms with Gasteiger partial charge in [0.25, 0.3) is 0 Å².